The van der Waals surface area contributed by atoms with E-state index >= 15 is 0 Å². The lowest BCUT2D eigenvalue weighted by Crippen LogP contribution is -2.24. The lowest BCUT2D eigenvalue weighted by Gasteiger charge is -2.08. The number of rotatable bonds is 3. The first-order valence-corrected chi connectivity index (χ1v) is 6.09. The van der Waals surface area contributed by atoms with Crippen molar-refractivity contribution in [2.75, 3.05) is 5.32 Å². The summed E-state index contributed by atoms with van der Waals surface area (Å²) in [5.41, 5.74) is 5.83. The first-order valence-electron chi connectivity index (χ1n) is 4.75. The Morgan fingerprint density at radius 1 is 1.53 bits per heavy atom. The summed E-state index contributed by atoms with van der Waals surface area (Å²) in [5, 5.41) is 2.85. The van der Waals surface area contributed by atoms with Crippen molar-refractivity contribution < 1.29 is 9.18 Å². The SMILES string of the molecule is NC(=O)C1=C(Nc2ccccc2F)SNC1S. The van der Waals surface area contributed by atoms with Gasteiger partial charge in [-0.25, -0.2) is 9.11 Å². The highest BCUT2D eigenvalue weighted by Crippen LogP contribution is 2.31. The molecule has 0 aromatic heterocycles. The molecule has 7 heteroatoms. The van der Waals surface area contributed by atoms with Crippen molar-refractivity contribution in [3.05, 3.63) is 40.7 Å². The van der Waals surface area contributed by atoms with E-state index in [0.29, 0.717) is 10.6 Å². The zero-order chi connectivity index (χ0) is 12.4. The number of anilines is 1. The highest BCUT2D eigenvalue weighted by Gasteiger charge is 2.27. The third-order valence-corrected chi connectivity index (χ3v) is 3.62. The maximum Gasteiger partial charge on any atom is 0.249 e. The van der Waals surface area contributed by atoms with E-state index in [1.165, 1.54) is 18.0 Å². The van der Waals surface area contributed by atoms with Crippen LogP contribution in [0.2, 0.25) is 0 Å². The van der Waals surface area contributed by atoms with Crippen LogP contribution in [0.15, 0.2) is 34.9 Å². The lowest BCUT2D eigenvalue weighted by molar-refractivity contribution is -0.114. The highest BCUT2D eigenvalue weighted by atomic mass is 32.2. The molecule has 2 rings (SSSR count). The van der Waals surface area contributed by atoms with Gasteiger partial charge in [0.15, 0.2) is 0 Å². The van der Waals surface area contributed by atoms with Crippen LogP contribution in [-0.4, -0.2) is 11.3 Å². The van der Waals surface area contributed by atoms with E-state index in [2.05, 4.69) is 22.7 Å². The summed E-state index contributed by atoms with van der Waals surface area (Å²) in [7, 11) is 0. The number of carbonyl (C=O) groups excluding carboxylic acids is 1. The molecule has 1 amide bonds. The van der Waals surface area contributed by atoms with Gasteiger partial charge in [0.1, 0.15) is 5.82 Å². The fraction of sp³-hybridized carbons (Fsp3) is 0.100. The molecule has 4 nitrogen and oxygen atoms in total. The molecule has 1 aromatic rings. The third-order valence-electron chi connectivity index (χ3n) is 2.18. The predicted molar refractivity (Wildman–Crippen MR) is 69.7 cm³/mol. The molecule has 4 N–H and O–H groups in total. The Kier molecular flexibility index (Phi) is 3.60. The number of thiol groups is 1. The van der Waals surface area contributed by atoms with Gasteiger partial charge in [0.25, 0.3) is 0 Å². The Labute approximate surface area is 107 Å². The van der Waals surface area contributed by atoms with Gasteiger partial charge < -0.3 is 11.1 Å². The second-order valence-corrected chi connectivity index (χ2v) is 4.70. The summed E-state index contributed by atoms with van der Waals surface area (Å²) >= 11 is 5.32. The number of nitrogens with one attached hydrogen (secondary N) is 2. The van der Waals surface area contributed by atoms with Crippen LogP contribution in [-0.2, 0) is 4.79 Å². The predicted octanol–water partition coefficient (Wildman–Crippen LogP) is 1.44. The first kappa shape index (κ1) is 12.3. The van der Waals surface area contributed by atoms with Gasteiger partial charge in [-0.2, -0.15) is 12.6 Å². The number of primary amides is 1. The molecule has 90 valence electrons. The highest BCUT2D eigenvalue weighted by molar-refractivity contribution is 8.02. The number of nitrogens with two attached hydrogens (primary N) is 1. The van der Waals surface area contributed by atoms with Gasteiger partial charge in [0.2, 0.25) is 5.91 Å². The van der Waals surface area contributed by atoms with Gasteiger partial charge >= 0.3 is 0 Å². The lowest BCUT2D eigenvalue weighted by atomic mass is 10.2. The molecule has 0 saturated carbocycles. The summed E-state index contributed by atoms with van der Waals surface area (Å²) in [6, 6.07) is 6.19. The van der Waals surface area contributed by atoms with Gasteiger partial charge in [-0.15, -0.1) is 0 Å². The summed E-state index contributed by atoms with van der Waals surface area (Å²) in [6.07, 6.45) is 0. The van der Waals surface area contributed by atoms with Crippen molar-refractivity contribution in [1.29, 1.82) is 0 Å². The van der Waals surface area contributed by atoms with E-state index in [1.54, 1.807) is 18.2 Å². The average Bonchev–Trinajstić information content (AvgIpc) is 2.63. The number of carbonyl (C=O) groups is 1. The molecule has 0 spiro atoms. The molecule has 1 aliphatic rings. The van der Waals surface area contributed by atoms with Gasteiger partial charge in [0.05, 0.1) is 21.7 Å². The topological polar surface area (TPSA) is 67.2 Å². The smallest absolute Gasteiger partial charge is 0.249 e. The van der Waals surface area contributed by atoms with Crippen LogP contribution in [0.1, 0.15) is 0 Å². The molecule has 17 heavy (non-hydrogen) atoms. The Bertz CT molecular complexity index is 492. The van der Waals surface area contributed by atoms with Gasteiger partial charge in [-0.3, -0.25) is 4.79 Å². The second kappa shape index (κ2) is 4.99. The monoisotopic (exact) mass is 271 g/mol. The number of hydrogen-bond acceptors (Lipinski definition) is 5. The fourth-order valence-corrected chi connectivity index (χ4v) is 2.72. The molecule has 1 unspecified atom stereocenters. The Morgan fingerprint density at radius 3 is 2.88 bits per heavy atom. The van der Waals surface area contributed by atoms with Crippen LogP contribution >= 0.6 is 24.6 Å². The molecule has 1 aromatic carbocycles. The zero-order valence-corrected chi connectivity index (χ0v) is 10.3. The molecule has 0 fully saturated rings. The fourth-order valence-electron chi connectivity index (χ4n) is 1.38. The third kappa shape index (κ3) is 2.56. The summed E-state index contributed by atoms with van der Waals surface area (Å²) < 4.78 is 16.3. The standard InChI is InChI=1S/C10H10FN3OS2/c11-5-3-1-2-4-6(5)13-10-7(8(12)15)9(16)14-17-10/h1-4,9,13-14,16H,(H2,12,15). The number of para-hydroxylation sites is 1. The van der Waals surface area contributed by atoms with Gasteiger partial charge in [-0.05, 0) is 24.1 Å². The van der Waals surface area contributed by atoms with Gasteiger partial charge in [0, 0.05) is 0 Å². The summed E-state index contributed by atoms with van der Waals surface area (Å²) in [6.45, 7) is 0. The van der Waals surface area contributed by atoms with Crippen molar-refractivity contribution in [3.63, 3.8) is 0 Å². The Balaban J connectivity index is 2.30. The van der Waals surface area contributed by atoms with Crippen LogP contribution in [0.4, 0.5) is 10.1 Å². The zero-order valence-electron chi connectivity index (χ0n) is 8.61. The summed E-state index contributed by atoms with van der Waals surface area (Å²) in [5.74, 6) is -0.978. The quantitative estimate of drug-likeness (QED) is 0.496. The average molecular weight is 271 g/mol. The first-order chi connectivity index (χ1) is 8.09. The van der Waals surface area contributed by atoms with Crippen molar-refractivity contribution >= 4 is 36.2 Å². The Hall–Kier alpha value is -1.18. The Morgan fingerprint density at radius 2 is 2.24 bits per heavy atom. The number of halogens is 1. The van der Waals surface area contributed by atoms with Crippen LogP contribution in [0.3, 0.4) is 0 Å². The van der Waals surface area contributed by atoms with E-state index in [4.69, 9.17) is 5.73 Å². The normalized spacial score (nSPS) is 19.5. The molecule has 0 radical (unpaired) electrons. The molecule has 1 aliphatic heterocycles. The van der Waals surface area contributed by atoms with Crippen LogP contribution in [0, 0.1) is 5.82 Å². The van der Waals surface area contributed by atoms with Gasteiger partial charge in [-0.1, -0.05) is 12.1 Å². The van der Waals surface area contributed by atoms with Crippen LogP contribution < -0.4 is 15.8 Å². The minimum atomic E-state index is -0.582. The van der Waals surface area contributed by atoms with E-state index in [9.17, 15) is 9.18 Å². The number of amides is 1. The van der Waals surface area contributed by atoms with E-state index < -0.39 is 17.1 Å². The maximum absolute atomic E-state index is 13.4. The maximum atomic E-state index is 13.4. The van der Waals surface area contributed by atoms with Crippen molar-refractivity contribution in [2.24, 2.45) is 5.73 Å². The molecule has 0 aliphatic carbocycles. The molecule has 1 atom stereocenters. The molecule has 1 heterocycles. The molecular formula is C10H10FN3OS2. The van der Waals surface area contributed by atoms with Crippen LogP contribution in [0.25, 0.3) is 0 Å². The number of hydrogen-bond donors (Lipinski definition) is 4. The minimum Gasteiger partial charge on any atom is -0.366 e. The minimum absolute atomic E-state index is 0.290. The molecule has 0 saturated heterocycles. The largest absolute Gasteiger partial charge is 0.366 e. The second-order valence-electron chi connectivity index (χ2n) is 3.33. The van der Waals surface area contributed by atoms with Crippen LogP contribution in [0.5, 0.6) is 0 Å². The molecule has 0 bridgehead atoms. The van der Waals surface area contributed by atoms with Crippen molar-refractivity contribution in [2.45, 2.75) is 5.37 Å². The van der Waals surface area contributed by atoms with E-state index in [1.807, 2.05) is 0 Å². The molecular weight excluding hydrogens is 261 g/mol. The number of benzene rings is 1. The van der Waals surface area contributed by atoms with E-state index in [-0.39, 0.29) is 5.69 Å². The van der Waals surface area contributed by atoms with Crippen molar-refractivity contribution in [3.8, 4) is 0 Å². The van der Waals surface area contributed by atoms with E-state index in [0.717, 1.165) is 0 Å². The summed E-state index contributed by atoms with van der Waals surface area (Å²) in [4.78, 5) is 11.2. The van der Waals surface area contributed by atoms with Crippen molar-refractivity contribution in [1.82, 2.24) is 4.72 Å².